The topological polar surface area (TPSA) is 49.0 Å². The monoisotopic (exact) mass is 328 g/mol. The highest BCUT2D eigenvalue weighted by atomic mass is 35.5. The van der Waals surface area contributed by atoms with E-state index < -0.39 is 5.76 Å². The van der Waals surface area contributed by atoms with Gasteiger partial charge in [-0.3, -0.25) is 0 Å². The van der Waals surface area contributed by atoms with Crippen molar-refractivity contribution in [2.24, 2.45) is 0 Å². The third-order valence-electron chi connectivity index (χ3n) is 2.62. The summed E-state index contributed by atoms with van der Waals surface area (Å²) in [5.74, 6) is -1.18. The lowest BCUT2D eigenvalue weighted by Gasteiger charge is -2.07. The van der Waals surface area contributed by atoms with Gasteiger partial charge in [-0.25, -0.2) is 0 Å². The molecule has 0 saturated carbocycles. The zero-order valence-corrected chi connectivity index (χ0v) is 12.3. The van der Waals surface area contributed by atoms with Crippen molar-refractivity contribution in [1.82, 2.24) is 0 Å². The molecule has 1 heterocycles. The number of hydrogen-bond acceptors (Lipinski definition) is 4. The molecule has 0 aliphatic rings. The third kappa shape index (κ3) is 4.66. The summed E-state index contributed by atoms with van der Waals surface area (Å²) in [6, 6.07) is 10.3. The molecule has 2 rings (SSSR count). The molecular formula is C14H11ClF2N2OS. The molecule has 0 atom stereocenters. The Hall–Kier alpha value is -1.71. The number of hydrogen-bond donors (Lipinski definition) is 1. The Morgan fingerprint density at radius 2 is 2.05 bits per heavy atom. The van der Waals surface area contributed by atoms with Crippen molar-refractivity contribution in [2.75, 3.05) is 5.32 Å². The Balaban J connectivity index is 1.96. The van der Waals surface area contributed by atoms with Crippen LogP contribution in [0.3, 0.4) is 0 Å². The third-order valence-corrected chi connectivity index (χ3v) is 3.65. The number of benzene rings is 1. The maximum absolute atomic E-state index is 12.1. The van der Waals surface area contributed by atoms with E-state index in [2.05, 4.69) is 5.32 Å². The van der Waals surface area contributed by atoms with E-state index in [1.807, 2.05) is 6.07 Å². The molecule has 0 fully saturated rings. The van der Waals surface area contributed by atoms with Crippen LogP contribution < -0.4 is 5.32 Å². The van der Waals surface area contributed by atoms with Gasteiger partial charge in [-0.05, 0) is 30.3 Å². The van der Waals surface area contributed by atoms with Crippen LogP contribution in [0.5, 0.6) is 0 Å². The number of rotatable bonds is 6. The number of alkyl halides is 2. The molecule has 7 heteroatoms. The number of halogens is 3. The molecule has 1 aromatic carbocycles. The van der Waals surface area contributed by atoms with Gasteiger partial charge in [0.25, 0.3) is 5.76 Å². The fraction of sp³-hybridized carbons (Fsp3) is 0.214. The minimum Gasteiger partial charge on any atom is -0.463 e. The Labute approximate surface area is 129 Å². The van der Waals surface area contributed by atoms with E-state index in [0.717, 1.165) is 0 Å². The molecule has 0 bridgehead atoms. The van der Waals surface area contributed by atoms with Gasteiger partial charge >= 0.3 is 0 Å². The molecule has 110 valence electrons. The number of nitriles is 1. The van der Waals surface area contributed by atoms with E-state index in [0.29, 0.717) is 46.1 Å². The van der Waals surface area contributed by atoms with E-state index in [1.165, 1.54) is 0 Å². The van der Waals surface area contributed by atoms with Crippen molar-refractivity contribution in [3.05, 3.63) is 52.4 Å². The first-order valence-electron chi connectivity index (χ1n) is 5.99. The molecule has 3 nitrogen and oxygen atoms in total. The fourth-order valence-electron chi connectivity index (χ4n) is 1.65. The van der Waals surface area contributed by atoms with E-state index >= 15 is 0 Å². The standard InChI is InChI=1S/C14H11ClF2N2OS/c15-12-4-1-9(6-18)5-13(12)19-7-10-2-3-11(20-10)8-21-14(16)17/h1-5,14,19H,7-8H2. The van der Waals surface area contributed by atoms with Crippen molar-refractivity contribution in [2.45, 2.75) is 18.1 Å². The highest BCUT2D eigenvalue weighted by molar-refractivity contribution is 7.98. The van der Waals surface area contributed by atoms with Crippen molar-refractivity contribution in [1.29, 1.82) is 5.26 Å². The molecule has 0 aliphatic carbocycles. The predicted molar refractivity (Wildman–Crippen MR) is 79.5 cm³/mol. The molecule has 1 aromatic heterocycles. The van der Waals surface area contributed by atoms with Gasteiger partial charge in [0.2, 0.25) is 0 Å². The second-order valence-electron chi connectivity index (χ2n) is 4.10. The van der Waals surface area contributed by atoms with Crippen LogP contribution in [0.2, 0.25) is 5.02 Å². The van der Waals surface area contributed by atoms with Crippen molar-refractivity contribution in [3.8, 4) is 6.07 Å². The summed E-state index contributed by atoms with van der Waals surface area (Å²) in [6.07, 6.45) is 0. The Bertz CT molecular complexity index is 655. The van der Waals surface area contributed by atoms with E-state index in [1.54, 1.807) is 30.3 Å². The Morgan fingerprint density at radius 1 is 1.29 bits per heavy atom. The highest BCUT2D eigenvalue weighted by Gasteiger charge is 2.08. The van der Waals surface area contributed by atoms with Crippen LogP contribution in [0.25, 0.3) is 0 Å². The second kappa shape index (κ2) is 7.34. The van der Waals surface area contributed by atoms with Crippen LogP contribution in [-0.4, -0.2) is 5.76 Å². The zero-order chi connectivity index (χ0) is 15.2. The summed E-state index contributed by atoms with van der Waals surface area (Å²) in [5.41, 5.74) is 1.12. The number of nitrogens with zero attached hydrogens (tertiary/aromatic N) is 1. The van der Waals surface area contributed by atoms with Gasteiger partial charge in [-0.15, -0.1) is 0 Å². The first-order chi connectivity index (χ1) is 10.1. The smallest absolute Gasteiger partial charge is 0.284 e. The molecule has 21 heavy (non-hydrogen) atoms. The van der Waals surface area contributed by atoms with Crippen LogP contribution >= 0.6 is 23.4 Å². The molecule has 0 amide bonds. The number of furan rings is 1. The van der Waals surface area contributed by atoms with Gasteiger partial charge in [-0.1, -0.05) is 23.4 Å². The minimum atomic E-state index is -2.41. The quantitative estimate of drug-likeness (QED) is 0.821. The predicted octanol–water partition coefficient (Wildman–Crippen LogP) is 4.87. The fourth-order valence-corrected chi connectivity index (χ4v) is 2.28. The summed E-state index contributed by atoms with van der Waals surface area (Å²) in [7, 11) is 0. The SMILES string of the molecule is N#Cc1ccc(Cl)c(NCc2ccc(CSC(F)F)o2)c1. The van der Waals surface area contributed by atoms with Gasteiger partial charge in [0.1, 0.15) is 11.5 Å². The molecule has 1 N–H and O–H groups in total. The van der Waals surface area contributed by atoms with Gasteiger partial charge in [0, 0.05) is 0 Å². The van der Waals surface area contributed by atoms with Crippen molar-refractivity contribution >= 4 is 29.1 Å². The van der Waals surface area contributed by atoms with Gasteiger partial charge in [-0.2, -0.15) is 14.0 Å². The Kier molecular flexibility index (Phi) is 5.48. The largest absolute Gasteiger partial charge is 0.463 e. The zero-order valence-electron chi connectivity index (χ0n) is 10.8. The van der Waals surface area contributed by atoms with E-state index in [9.17, 15) is 8.78 Å². The highest BCUT2D eigenvalue weighted by Crippen LogP contribution is 2.25. The normalized spacial score (nSPS) is 10.6. The van der Waals surface area contributed by atoms with Gasteiger partial charge in [0.05, 0.1) is 34.6 Å². The van der Waals surface area contributed by atoms with Crippen LogP contribution in [0, 0.1) is 11.3 Å². The van der Waals surface area contributed by atoms with Crippen molar-refractivity contribution < 1.29 is 13.2 Å². The summed E-state index contributed by atoms with van der Waals surface area (Å²) in [5, 5.41) is 12.4. The molecule has 0 saturated heterocycles. The summed E-state index contributed by atoms with van der Waals surface area (Å²) in [6.45, 7) is 0.355. The summed E-state index contributed by atoms with van der Waals surface area (Å²) >= 11 is 6.53. The lowest BCUT2D eigenvalue weighted by molar-refractivity contribution is 0.251. The molecule has 0 aliphatic heterocycles. The van der Waals surface area contributed by atoms with E-state index in [-0.39, 0.29) is 5.75 Å². The molecular weight excluding hydrogens is 318 g/mol. The summed E-state index contributed by atoms with van der Waals surface area (Å²) in [4.78, 5) is 0. The number of thioether (sulfide) groups is 1. The second-order valence-corrected chi connectivity index (χ2v) is 5.49. The molecule has 0 radical (unpaired) electrons. The summed E-state index contributed by atoms with van der Waals surface area (Å²) < 4.78 is 29.6. The minimum absolute atomic E-state index is 0.127. The van der Waals surface area contributed by atoms with Gasteiger partial charge in [0.15, 0.2) is 0 Å². The molecule has 0 unspecified atom stereocenters. The maximum atomic E-state index is 12.1. The van der Waals surface area contributed by atoms with Crippen LogP contribution in [0.1, 0.15) is 17.1 Å². The van der Waals surface area contributed by atoms with Crippen molar-refractivity contribution in [3.63, 3.8) is 0 Å². The Morgan fingerprint density at radius 3 is 2.76 bits per heavy atom. The van der Waals surface area contributed by atoms with Crippen LogP contribution in [0.4, 0.5) is 14.5 Å². The maximum Gasteiger partial charge on any atom is 0.284 e. The molecule has 2 aromatic rings. The number of nitrogens with one attached hydrogen (secondary N) is 1. The van der Waals surface area contributed by atoms with Crippen LogP contribution in [-0.2, 0) is 12.3 Å². The average Bonchev–Trinajstić information content (AvgIpc) is 2.92. The number of anilines is 1. The lowest BCUT2D eigenvalue weighted by atomic mass is 10.2. The van der Waals surface area contributed by atoms with E-state index in [4.69, 9.17) is 21.3 Å². The lowest BCUT2D eigenvalue weighted by Crippen LogP contribution is -1.99. The first kappa shape index (κ1) is 15.7. The average molecular weight is 329 g/mol. The van der Waals surface area contributed by atoms with Gasteiger partial charge < -0.3 is 9.73 Å². The van der Waals surface area contributed by atoms with Crippen LogP contribution in [0.15, 0.2) is 34.7 Å². The first-order valence-corrected chi connectivity index (χ1v) is 7.42. The molecule has 0 spiro atoms.